The number of oxime groups is 2. The van der Waals surface area contributed by atoms with Crippen molar-refractivity contribution in [3.8, 4) is 0 Å². The minimum absolute atomic E-state index is 0.0446. The molecule has 0 spiro atoms. The Labute approximate surface area is 52.8 Å². The number of nitrogens with zero attached hydrogens (tertiary/aromatic N) is 2. The van der Waals surface area contributed by atoms with Gasteiger partial charge >= 0.3 is 0 Å². The Morgan fingerprint density at radius 3 is 2.56 bits per heavy atom. The molecule has 0 aliphatic heterocycles. The second-order valence-corrected chi connectivity index (χ2v) is 1.34. The van der Waals surface area contributed by atoms with Crippen LogP contribution in [-0.4, -0.2) is 23.9 Å². The summed E-state index contributed by atoms with van der Waals surface area (Å²) in [6, 6.07) is 0. The van der Waals surface area contributed by atoms with Gasteiger partial charge in [-0.3, -0.25) is 0 Å². The van der Waals surface area contributed by atoms with E-state index in [2.05, 4.69) is 15.1 Å². The summed E-state index contributed by atoms with van der Waals surface area (Å²) in [6.45, 7) is 1.57. The molecule has 0 heterocycles. The van der Waals surface area contributed by atoms with Crippen molar-refractivity contribution < 1.29 is 10.0 Å². The van der Waals surface area contributed by atoms with E-state index in [4.69, 9.17) is 10.9 Å². The number of amidine groups is 1. The van der Waals surface area contributed by atoms with Crippen LogP contribution < -0.4 is 5.73 Å². The summed E-state index contributed by atoms with van der Waals surface area (Å²) in [5.74, 6) is -0.0446. The predicted molar refractivity (Wildman–Crippen MR) is 33.5 cm³/mol. The SMILES string of the molecule is CO/N=C(C)\C(N)=N/O. The van der Waals surface area contributed by atoms with Crippen molar-refractivity contribution in [1.82, 2.24) is 0 Å². The molecule has 0 fully saturated rings. The molecule has 0 radical (unpaired) electrons. The highest BCUT2D eigenvalue weighted by Crippen LogP contribution is 1.77. The molecule has 0 aromatic heterocycles. The number of nitrogens with two attached hydrogens (primary N) is 1. The molecule has 0 aliphatic carbocycles. The van der Waals surface area contributed by atoms with Crippen LogP contribution in [-0.2, 0) is 4.84 Å². The van der Waals surface area contributed by atoms with E-state index in [1.807, 2.05) is 0 Å². The van der Waals surface area contributed by atoms with E-state index in [-0.39, 0.29) is 5.84 Å². The van der Waals surface area contributed by atoms with E-state index in [0.717, 1.165) is 0 Å². The molecule has 9 heavy (non-hydrogen) atoms. The minimum Gasteiger partial charge on any atom is -0.409 e. The Hall–Kier alpha value is -1.26. The first kappa shape index (κ1) is 7.74. The van der Waals surface area contributed by atoms with Crippen LogP contribution >= 0.6 is 0 Å². The van der Waals surface area contributed by atoms with Gasteiger partial charge in [-0.2, -0.15) is 0 Å². The van der Waals surface area contributed by atoms with Crippen LogP contribution in [0.3, 0.4) is 0 Å². The van der Waals surface area contributed by atoms with Crippen LogP contribution in [0.4, 0.5) is 0 Å². The van der Waals surface area contributed by atoms with Crippen LogP contribution in [0, 0.1) is 0 Å². The van der Waals surface area contributed by atoms with Crippen LogP contribution in [0.2, 0.25) is 0 Å². The Balaban J connectivity index is 4.03. The molecule has 0 rings (SSSR count). The second kappa shape index (κ2) is 3.71. The average Bonchev–Trinajstić information content (AvgIpc) is 1.87. The van der Waals surface area contributed by atoms with Crippen molar-refractivity contribution in [2.45, 2.75) is 6.92 Å². The third kappa shape index (κ3) is 2.53. The Kier molecular flexibility index (Phi) is 3.19. The largest absolute Gasteiger partial charge is 0.409 e. The topological polar surface area (TPSA) is 80.2 Å². The Morgan fingerprint density at radius 1 is 1.67 bits per heavy atom. The molecule has 52 valence electrons. The molecule has 5 nitrogen and oxygen atoms in total. The molecule has 0 unspecified atom stereocenters. The number of rotatable bonds is 2. The fourth-order valence-electron chi connectivity index (χ4n) is 0.256. The standard InChI is InChI=1S/C4H9N3O2/c1-3(7-9-2)4(5)6-8/h8H,1-2H3,(H2,5,6)/b7-3-. The Morgan fingerprint density at radius 2 is 2.22 bits per heavy atom. The van der Waals surface area contributed by atoms with E-state index in [0.29, 0.717) is 5.71 Å². The third-order valence-corrected chi connectivity index (χ3v) is 0.707. The van der Waals surface area contributed by atoms with E-state index in [1.54, 1.807) is 6.92 Å². The molecule has 0 saturated carbocycles. The fourth-order valence-corrected chi connectivity index (χ4v) is 0.256. The van der Waals surface area contributed by atoms with Gasteiger partial charge in [0.05, 0.1) is 0 Å². The zero-order valence-corrected chi connectivity index (χ0v) is 5.33. The van der Waals surface area contributed by atoms with E-state index in [9.17, 15) is 0 Å². The van der Waals surface area contributed by atoms with Crippen molar-refractivity contribution in [2.24, 2.45) is 16.0 Å². The summed E-state index contributed by atoms with van der Waals surface area (Å²) >= 11 is 0. The number of hydrogen-bond acceptors (Lipinski definition) is 4. The van der Waals surface area contributed by atoms with Gasteiger partial charge in [-0.1, -0.05) is 10.3 Å². The summed E-state index contributed by atoms with van der Waals surface area (Å²) in [6.07, 6.45) is 0. The smallest absolute Gasteiger partial charge is 0.187 e. The van der Waals surface area contributed by atoms with Crippen molar-refractivity contribution in [2.75, 3.05) is 7.11 Å². The van der Waals surface area contributed by atoms with Crippen LogP contribution in [0.5, 0.6) is 0 Å². The van der Waals surface area contributed by atoms with Crippen molar-refractivity contribution in [3.05, 3.63) is 0 Å². The molecule has 0 saturated heterocycles. The first-order valence-electron chi connectivity index (χ1n) is 2.28. The van der Waals surface area contributed by atoms with E-state index in [1.165, 1.54) is 7.11 Å². The lowest BCUT2D eigenvalue weighted by Crippen LogP contribution is -2.21. The maximum Gasteiger partial charge on any atom is 0.187 e. The fraction of sp³-hybridized carbons (Fsp3) is 0.500. The molecule has 3 N–H and O–H groups in total. The summed E-state index contributed by atoms with van der Waals surface area (Å²) in [5, 5.41) is 14.1. The normalized spacial score (nSPS) is 13.6. The van der Waals surface area contributed by atoms with Gasteiger partial charge in [0.2, 0.25) is 0 Å². The summed E-state index contributed by atoms with van der Waals surface area (Å²) in [5.41, 5.74) is 5.44. The van der Waals surface area contributed by atoms with Gasteiger partial charge in [0, 0.05) is 0 Å². The molecule has 0 aromatic rings. The van der Waals surface area contributed by atoms with Gasteiger partial charge in [0.1, 0.15) is 12.8 Å². The third-order valence-electron chi connectivity index (χ3n) is 0.707. The lowest BCUT2D eigenvalue weighted by Gasteiger charge is -1.93. The van der Waals surface area contributed by atoms with Crippen molar-refractivity contribution in [3.63, 3.8) is 0 Å². The maximum absolute atomic E-state index is 8.06. The van der Waals surface area contributed by atoms with Crippen molar-refractivity contribution in [1.29, 1.82) is 0 Å². The highest BCUT2D eigenvalue weighted by molar-refractivity contribution is 6.39. The lowest BCUT2D eigenvalue weighted by molar-refractivity contribution is 0.214. The first-order chi connectivity index (χ1) is 4.22. The molecular formula is C4H9N3O2. The predicted octanol–water partition coefficient (Wildman–Crippen LogP) is -0.245. The maximum atomic E-state index is 8.06. The molecule has 0 aliphatic rings. The molecule has 0 atom stereocenters. The number of hydrogen-bond donors (Lipinski definition) is 2. The highest BCUT2D eigenvalue weighted by atomic mass is 16.6. The molecule has 5 heteroatoms. The second-order valence-electron chi connectivity index (χ2n) is 1.34. The quantitative estimate of drug-likeness (QED) is 0.235. The van der Waals surface area contributed by atoms with Crippen molar-refractivity contribution >= 4 is 11.5 Å². The van der Waals surface area contributed by atoms with Crippen LogP contribution in [0.25, 0.3) is 0 Å². The van der Waals surface area contributed by atoms with E-state index < -0.39 is 0 Å². The summed E-state index contributed by atoms with van der Waals surface area (Å²) in [4.78, 5) is 4.34. The van der Waals surface area contributed by atoms with Gasteiger partial charge in [0.25, 0.3) is 0 Å². The van der Waals surface area contributed by atoms with Gasteiger partial charge in [-0.05, 0) is 6.92 Å². The lowest BCUT2D eigenvalue weighted by atomic mass is 10.4. The Bertz CT molecular complexity index is 141. The first-order valence-corrected chi connectivity index (χ1v) is 2.28. The highest BCUT2D eigenvalue weighted by Gasteiger charge is 1.95. The van der Waals surface area contributed by atoms with E-state index >= 15 is 0 Å². The average molecular weight is 131 g/mol. The van der Waals surface area contributed by atoms with Crippen LogP contribution in [0.1, 0.15) is 6.92 Å². The monoisotopic (exact) mass is 131 g/mol. The van der Waals surface area contributed by atoms with Gasteiger partial charge in [0.15, 0.2) is 5.84 Å². The van der Waals surface area contributed by atoms with Gasteiger partial charge < -0.3 is 15.8 Å². The molecule has 0 aromatic carbocycles. The summed E-state index contributed by atoms with van der Waals surface area (Å²) < 4.78 is 0. The molecule has 0 bridgehead atoms. The molecule has 0 amide bonds. The minimum atomic E-state index is -0.0446. The van der Waals surface area contributed by atoms with Gasteiger partial charge in [-0.15, -0.1) is 0 Å². The van der Waals surface area contributed by atoms with Gasteiger partial charge in [-0.25, -0.2) is 0 Å². The summed E-state index contributed by atoms with van der Waals surface area (Å²) in [7, 11) is 1.38. The van der Waals surface area contributed by atoms with Crippen LogP contribution in [0.15, 0.2) is 10.3 Å². The molecular weight excluding hydrogens is 122 g/mol. The zero-order chi connectivity index (χ0) is 7.28. The zero-order valence-electron chi connectivity index (χ0n) is 5.33.